The summed E-state index contributed by atoms with van der Waals surface area (Å²) >= 11 is 0. The maximum atomic E-state index is 13.1. The van der Waals surface area contributed by atoms with Gasteiger partial charge in [-0.2, -0.15) is 0 Å². The van der Waals surface area contributed by atoms with Crippen LogP contribution in [0.25, 0.3) is 0 Å². The Kier molecular flexibility index (Phi) is 5.34. The van der Waals surface area contributed by atoms with Crippen LogP contribution in [0.2, 0.25) is 0 Å². The second kappa shape index (κ2) is 7.79. The minimum atomic E-state index is -0.266. The van der Waals surface area contributed by atoms with Gasteiger partial charge in [-0.15, -0.1) is 0 Å². The molecule has 154 valence electrons. The monoisotopic (exact) mass is 393 g/mol. The van der Waals surface area contributed by atoms with Gasteiger partial charge in [-0.05, 0) is 63.8 Å². The van der Waals surface area contributed by atoms with Gasteiger partial charge >= 0.3 is 0 Å². The Labute approximate surface area is 172 Å². The molecule has 0 saturated carbocycles. The van der Waals surface area contributed by atoms with Crippen LogP contribution in [0.1, 0.15) is 52.0 Å². The van der Waals surface area contributed by atoms with E-state index in [9.17, 15) is 9.59 Å². The number of aromatic nitrogens is 1. The summed E-state index contributed by atoms with van der Waals surface area (Å²) in [6.45, 7) is 10.4. The zero-order chi connectivity index (χ0) is 20.6. The first-order chi connectivity index (χ1) is 13.8. The Morgan fingerprint density at radius 1 is 1.10 bits per heavy atom. The number of carbonyl (C=O) groups excluding carboxylic acids is 1. The number of H-pyrrole nitrogens is 1. The van der Waals surface area contributed by atoms with Crippen LogP contribution in [0.15, 0.2) is 35.1 Å². The molecular formula is C24H31N3O2. The summed E-state index contributed by atoms with van der Waals surface area (Å²) in [6, 6.07) is 10.6. The van der Waals surface area contributed by atoms with Crippen molar-refractivity contribution in [3.05, 3.63) is 68.6 Å². The number of nitrogens with one attached hydrogen (secondary N) is 1. The molecule has 3 heterocycles. The molecule has 0 radical (unpaired) electrons. The maximum Gasteiger partial charge on any atom is 0.261 e. The number of piperidine rings is 1. The average Bonchev–Trinajstić information content (AvgIpc) is 3.04. The van der Waals surface area contributed by atoms with Crippen LogP contribution in [-0.4, -0.2) is 46.9 Å². The summed E-state index contributed by atoms with van der Waals surface area (Å²) in [5, 5.41) is 0. The fraction of sp³-hybridized carbons (Fsp3) is 0.500. The van der Waals surface area contributed by atoms with Gasteiger partial charge < -0.3 is 9.88 Å². The van der Waals surface area contributed by atoms with E-state index in [-0.39, 0.29) is 16.9 Å². The van der Waals surface area contributed by atoms with Gasteiger partial charge in [-0.3, -0.25) is 14.5 Å². The Hall–Kier alpha value is -2.40. The molecule has 1 atom stereocenters. The van der Waals surface area contributed by atoms with Gasteiger partial charge in [0.2, 0.25) is 0 Å². The number of likely N-dealkylation sites (tertiary alicyclic amines) is 2. The van der Waals surface area contributed by atoms with Crippen molar-refractivity contribution in [3.8, 4) is 0 Å². The summed E-state index contributed by atoms with van der Waals surface area (Å²) < 4.78 is 0. The molecule has 2 fully saturated rings. The van der Waals surface area contributed by atoms with Crippen molar-refractivity contribution >= 4 is 5.91 Å². The van der Waals surface area contributed by atoms with Crippen molar-refractivity contribution in [1.29, 1.82) is 0 Å². The van der Waals surface area contributed by atoms with Crippen LogP contribution < -0.4 is 5.56 Å². The van der Waals surface area contributed by atoms with Crippen LogP contribution in [0.4, 0.5) is 0 Å². The lowest BCUT2D eigenvalue weighted by atomic mass is 9.79. The van der Waals surface area contributed by atoms with Gasteiger partial charge in [0.05, 0.1) is 0 Å². The molecule has 1 aromatic carbocycles. The van der Waals surface area contributed by atoms with Gasteiger partial charge in [0.1, 0.15) is 5.56 Å². The lowest BCUT2D eigenvalue weighted by molar-refractivity contribution is 0.0673. The first-order valence-corrected chi connectivity index (χ1v) is 10.6. The third-order valence-corrected chi connectivity index (χ3v) is 6.53. The van der Waals surface area contributed by atoms with E-state index in [0.29, 0.717) is 5.56 Å². The second-order valence-electron chi connectivity index (χ2n) is 9.12. The molecule has 1 N–H and O–H groups in total. The van der Waals surface area contributed by atoms with Crippen LogP contribution in [0.5, 0.6) is 0 Å². The van der Waals surface area contributed by atoms with Crippen molar-refractivity contribution in [2.24, 2.45) is 5.41 Å². The van der Waals surface area contributed by atoms with Crippen LogP contribution >= 0.6 is 0 Å². The summed E-state index contributed by atoms with van der Waals surface area (Å²) in [6.07, 6.45) is 3.34. The van der Waals surface area contributed by atoms with Crippen molar-refractivity contribution < 1.29 is 4.79 Å². The Morgan fingerprint density at radius 2 is 1.93 bits per heavy atom. The number of pyridine rings is 1. The van der Waals surface area contributed by atoms with Gasteiger partial charge in [-0.1, -0.05) is 29.8 Å². The van der Waals surface area contributed by atoms with E-state index in [1.165, 1.54) is 11.1 Å². The number of aromatic amines is 1. The molecule has 0 unspecified atom stereocenters. The van der Waals surface area contributed by atoms with E-state index in [1.54, 1.807) is 0 Å². The van der Waals surface area contributed by atoms with E-state index in [2.05, 4.69) is 41.1 Å². The highest BCUT2D eigenvalue weighted by atomic mass is 16.2. The number of hydrogen-bond donors (Lipinski definition) is 1. The zero-order valence-corrected chi connectivity index (χ0v) is 17.8. The van der Waals surface area contributed by atoms with Gasteiger partial charge in [0, 0.05) is 37.3 Å². The fourth-order valence-corrected chi connectivity index (χ4v) is 5.23. The molecule has 2 aliphatic heterocycles. The number of hydrogen-bond acceptors (Lipinski definition) is 3. The highest BCUT2D eigenvalue weighted by Crippen LogP contribution is 2.39. The van der Waals surface area contributed by atoms with Gasteiger partial charge in [0.15, 0.2) is 0 Å². The van der Waals surface area contributed by atoms with E-state index in [4.69, 9.17) is 0 Å². The number of benzene rings is 1. The minimum absolute atomic E-state index is 0.114. The molecule has 2 saturated heterocycles. The molecule has 1 aromatic heterocycles. The lowest BCUT2D eigenvalue weighted by Crippen LogP contribution is -2.45. The Bertz CT molecular complexity index is 980. The molecule has 0 aliphatic carbocycles. The molecule has 0 bridgehead atoms. The summed E-state index contributed by atoms with van der Waals surface area (Å²) in [5.41, 5.74) is 4.41. The van der Waals surface area contributed by atoms with Crippen LogP contribution in [0.3, 0.4) is 0 Å². The highest BCUT2D eigenvalue weighted by molar-refractivity contribution is 5.95. The van der Waals surface area contributed by atoms with Crippen LogP contribution in [-0.2, 0) is 6.54 Å². The Morgan fingerprint density at radius 3 is 2.69 bits per heavy atom. The third kappa shape index (κ3) is 4.15. The number of rotatable bonds is 3. The molecule has 2 aromatic rings. The number of nitrogens with zero attached hydrogens (tertiary/aromatic N) is 2. The smallest absolute Gasteiger partial charge is 0.261 e. The predicted octanol–water partition coefficient (Wildman–Crippen LogP) is 3.43. The van der Waals surface area contributed by atoms with Gasteiger partial charge in [0.25, 0.3) is 11.5 Å². The number of carbonyl (C=O) groups is 1. The molecule has 1 amide bonds. The third-order valence-electron chi connectivity index (χ3n) is 6.53. The number of aryl methyl sites for hydroxylation is 3. The van der Waals surface area contributed by atoms with Gasteiger partial charge in [-0.25, -0.2) is 0 Å². The highest BCUT2D eigenvalue weighted by Gasteiger charge is 2.43. The SMILES string of the molecule is Cc1cccc(CN2CCC[C@]3(CCN(C(=O)c4c(C)cc(C)[nH]c4=O)C3)C2)c1. The largest absolute Gasteiger partial charge is 0.338 e. The molecular weight excluding hydrogens is 362 g/mol. The normalized spacial score (nSPS) is 22.4. The molecule has 4 rings (SSSR count). The Balaban J connectivity index is 1.47. The second-order valence-corrected chi connectivity index (χ2v) is 9.12. The summed E-state index contributed by atoms with van der Waals surface area (Å²) in [7, 11) is 0. The quantitative estimate of drug-likeness (QED) is 0.869. The fourth-order valence-electron chi connectivity index (χ4n) is 5.23. The molecule has 5 nitrogen and oxygen atoms in total. The maximum absolute atomic E-state index is 13.1. The lowest BCUT2D eigenvalue weighted by Gasteiger charge is -2.40. The first kappa shape index (κ1) is 19.9. The first-order valence-electron chi connectivity index (χ1n) is 10.6. The van der Waals surface area contributed by atoms with E-state index in [0.717, 1.165) is 63.2 Å². The molecule has 2 aliphatic rings. The van der Waals surface area contributed by atoms with Crippen molar-refractivity contribution in [2.75, 3.05) is 26.2 Å². The summed E-state index contributed by atoms with van der Waals surface area (Å²) in [5.74, 6) is -0.114. The molecule has 29 heavy (non-hydrogen) atoms. The number of amides is 1. The average molecular weight is 394 g/mol. The topological polar surface area (TPSA) is 56.4 Å². The zero-order valence-electron chi connectivity index (χ0n) is 17.8. The standard InChI is InChI=1S/C24H31N3O2/c1-17-6-4-7-20(12-17)14-26-10-5-8-24(15-26)9-11-27(16-24)23(29)21-18(2)13-19(3)25-22(21)28/h4,6-7,12-13H,5,8-11,14-16H2,1-3H3,(H,25,28)/t24-/m0/s1. The van der Waals surface area contributed by atoms with Crippen molar-refractivity contribution in [3.63, 3.8) is 0 Å². The van der Waals surface area contributed by atoms with Crippen LogP contribution in [0, 0.1) is 26.2 Å². The molecule has 1 spiro atoms. The van der Waals surface area contributed by atoms with E-state index in [1.807, 2.05) is 24.8 Å². The molecule has 5 heteroatoms. The van der Waals surface area contributed by atoms with Crippen molar-refractivity contribution in [1.82, 2.24) is 14.8 Å². The van der Waals surface area contributed by atoms with E-state index < -0.39 is 0 Å². The summed E-state index contributed by atoms with van der Waals surface area (Å²) in [4.78, 5) is 32.8. The predicted molar refractivity (Wildman–Crippen MR) is 115 cm³/mol. The van der Waals surface area contributed by atoms with Crippen molar-refractivity contribution in [2.45, 2.75) is 46.6 Å². The van der Waals surface area contributed by atoms with E-state index >= 15 is 0 Å². The minimum Gasteiger partial charge on any atom is -0.338 e.